The second kappa shape index (κ2) is 5.07. The van der Waals surface area contributed by atoms with Gasteiger partial charge in [0.1, 0.15) is 0 Å². The van der Waals surface area contributed by atoms with Gasteiger partial charge in [-0.2, -0.15) is 0 Å². The zero-order valence-electron chi connectivity index (χ0n) is 11.6. The van der Waals surface area contributed by atoms with Gasteiger partial charge in [-0.3, -0.25) is 10.1 Å². The SMILES string of the molecule is CCC1(C)CCN(c2cc(N)cc([N+](=O)[O-])c2)CC1. The van der Waals surface area contributed by atoms with Crippen LogP contribution in [0, 0.1) is 15.5 Å². The Kier molecular flexibility index (Phi) is 3.64. The van der Waals surface area contributed by atoms with Crippen LogP contribution in [0.15, 0.2) is 18.2 Å². The zero-order chi connectivity index (χ0) is 14.0. The van der Waals surface area contributed by atoms with Crippen LogP contribution < -0.4 is 10.6 Å². The molecule has 0 aromatic heterocycles. The lowest BCUT2D eigenvalue weighted by Crippen LogP contribution is -2.38. The number of anilines is 2. The molecule has 0 spiro atoms. The Morgan fingerprint density at radius 1 is 1.37 bits per heavy atom. The molecule has 5 heteroatoms. The summed E-state index contributed by atoms with van der Waals surface area (Å²) in [7, 11) is 0. The van der Waals surface area contributed by atoms with Crippen LogP contribution in [0.1, 0.15) is 33.1 Å². The molecule has 1 heterocycles. The van der Waals surface area contributed by atoms with E-state index in [1.54, 1.807) is 6.07 Å². The monoisotopic (exact) mass is 263 g/mol. The number of non-ortho nitro benzene ring substituents is 1. The van der Waals surface area contributed by atoms with E-state index in [-0.39, 0.29) is 10.6 Å². The third-order valence-electron chi connectivity index (χ3n) is 4.32. The first kappa shape index (κ1) is 13.6. The van der Waals surface area contributed by atoms with Crippen LogP contribution >= 0.6 is 0 Å². The first-order chi connectivity index (χ1) is 8.93. The number of piperidine rings is 1. The fraction of sp³-hybridized carbons (Fsp3) is 0.571. The summed E-state index contributed by atoms with van der Waals surface area (Å²) in [5.74, 6) is 0. The van der Waals surface area contributed by atoms with Crippen molar-refractivity contribution in [1.29, 1.82) is 0 Å². The van der Waals surface area contributed by atoms with Gasteiger partial charge in [0.25, 0.3) is 5.69 Å². The van der Waals surface area contributed by atoms with Crippen LogP contribution in [0.4, 0.5) is 17.1 Å². The first-order valence-corrected chi connectivity index (χ1v) is 6.73. The fourth-order valence-corrected chi connectivity index (χ4v) is 2.56. The molecule has 1 aliphatic rings. The summed E-state index contributed by atoms with van der Waals surface area (Å²) in [5, 5.41) is 10.9. The van der Waals surface area contributed by atoms with Crippen molar-refractivity contribution >= 4 is 17.1 Å². The van der Waals surface area contributed by atoms with Crippen LogP contribution in [0.3, 0.4) is 0 Å². The molecule has 1 aromatic rings. The van der Waals surface area contributed by atoms with E-state index >= 15 is 0 Å². The minimum atomic E-state index is -0.389. The predicted octanol–water partition coefficient (Wildman–Crippen LogP) is 3.19. The van der Waals surface area contributed by atoms with Gasteiger partial charge in [-0.25, -0.2) is 0 Å². The number of nitro groups is 1. The standard InChI is InChI=1S/C14H21N3O2/c1-3-14(2)4-6-16(7-5-14)12-8-11(15)9-13(10-12)17(18)19/h8-10H,3-7,15H2,1-2H3. The third-order valence-corrected chi connectivity index (χ3v) is 4.32. The minimum Gasteiger partial charge on any atom is -0.398 e. The van der Waals surface area contributed by atoms with Crippen molar-refractivity contribution in [3.63, 3.8) is 0 Å². The lowest BCUT2D eigenvalue weighted by molar-refractivity contribution is -0.384. The Balaban J connectivity index is 2.17. The van der Waals surface area contributed by atoms with Crippen LogP contribution in [0.25, 0.3) is 0 Å². The van der Waals surface area contributed by atoms with Crippen LogP contribution in [-0.2, 0) is 0 Å². The minimum absolute atomic E-state index is 0.0684. The van der Waals surface area contributed by atoms with E-state index in [1.807, 2.05) is 6.07 Å². The molecule has 104 valence electrons. The summed E-state index contributed by atoms with van der Waals surface area (Å²) in [6.45, 7) is 6.41. The second-order valence-corrected chi connectivity index (χ2v) is 5.69. The molecule has 19 heavy (non-hydrogen) atoms. The molecule has 0 radical (unpaired) electrons. The van der Waals surface area contributed by atoms with E-state index in [9.17, 15) is 10.1 Å². The number of hydrogen-bond donors (Lipinski definition) is 1. The van der Waals surface area contributed by atoms with Gasteiger partial charge in [0.15, 0.2) is 0 Å². The largest absolute Gasteiger partial charge is 0.398 e. The normalized spacial score (nSPS) is 18.3. The van der Waals surface area contributed by atoms with Gasteiger partial charge in [0.05, 0.1) is 4.92 Å². The molecule has 0 amide bonds. The molecule has 0 unspecified atom stereocenters. The molecule has 0 atom stereocenters. The van der Waals surface area contributed by atoms with Gasteiger partial charge in [-0.05, 0) is 24.3 Å². The van der Waals surface area contributed by atoms with Crippen LogP contribution in [0.2, 0.25) is 0 Å². The third kappa shape index (κ3) is 2.97. The van der Waals surface area contributed by atoms with Crippen molar-refractivity contribution in [2.45, 2.75) is 33.1 Å². The van der Waals surface area contributed by atoms with Gasteiger partial charge in [0.2, 0.25) is 0 Å². The molecule has 1 saturated heterocycles. The van der Waals surface area contributed by atoms with E-state index < -0.39 is 0 Å². The van der Waals surface area contributed by atoms with Crippen molar-refractivity contribution in [3.8, 4) is 0 Å². The van der Waals surface area contributed by atoms with Gasteiger partial charge in [-0.1, -0.05) is 20.3 Å². The summed E-state index contributed by atoms with van der Waals surface area (Å²) in [4.78, 5) is 12.7. The molecule has 1 fully saturated rings. The van der Waals surface area contributed by atoms with Crippen molar-refractivity contribution in [1.82, 2.24) is 0 Å². The molecular weight excluding hydrogens is 242 g/mol. The van der Waals surface area contributed by atoms with Gasteiger partial charge in [-0.15, -0.1) is 0 Å². The Hall–Kier alpha value is -1.78. The molecule has 0 aliphatic carbocycles. The maximum absolute atomic E-state index is 10.9. The lowest BCUT2D eigenvalue weighted by Gasteiger charge is -2.40. The van der Waals surface area contributed by atoms with E-state index in [2.05, 4.69) is 18.7 Å². The second-order valence-electron chi connectivity index (χ2n) is 5.69. The highest BCUT2D eigenvalue weighted by molar-refractivity contribution is 5.62. The van der Waals surface area contributed by atoms with Gasteiger partial charge in [0, 0.05) is 36.6 Å². The van der Waals surface area contributed by atoms with E-state index in [0.29, 0.717) is 11.1 Å². The molecule has 2 N–H and O–H groups in total. The Morgan fingerprint density at radius 2 is 2.00 bits per heavy atom. The maximum atomic E-state index is 10.9. The molecule has 1 aliphatic heterocycles. The van der Waals surface area contributed by atoms with Crippen molar-refractivity contribution < 1.29 is 4.92 Å². The molecule has 2 rings (SSSR count). The summed E-state index contributed by atoms with van der Waals surface area (Å²) < 4.78 is 0. The number of rotatable bonds is 3. The van der Waals surface area contributed by atoms with Crippen molar-refractivity contribution in [2.75, 3.05) is 23.7 Å². The topological polar surface area (TPSA) is 72.4 Å². The highest BCUT2D eigenvalue weighted by atomic mass is 16.6. The summed E-state index contributed by atoms with van der Waals surface area (Å²) >= 11 is 0. The number of nitrogens with two attached hydrogens (primary N) is 1. The van der Waals surface area contributed by atoms with E-state index in [0.717, 1.165) is 31.6 Å². The number of nitro benzene ring substituents is 1. The zero-order valence-corrected chi connectivity index (χ0v) is 11.6. The molecule has 5 nitrogen and oxygen atoms in total. The molecular formula is C14H21N3O2. The van der Waals surface area contributed by atoms with Crippen molar-refractivity contribution in [2.24, 2.45) is 5.41 Å². The number of nitrogens with zero attached hydrogens (tertiary/aromatic N) is 2. The molecule has 1 aromatic carbocycles. The van der Waals surface area contributed by atoms with Crippen LogP contribution in [0.5, 0.6) is 0 Å². The van der Waals surface area contributed by atoms with E-state index in [4.69, 9.17) is 5.73 Å². The number of hydrogen-bond acceptors (Lipinski definition) is 4. The van der Waals surface area contributed by atoms with Crippen LogP contribution in [-0.4, -0.2) is 18.0 Å². The Bertz CT molecular complexity index is 480. The molecule has 0 bridgehead atoms. The average Bonchev–Trinajstić information content (AvgIpc) is 2.39. The quantitative estimate of drug-likeness (QED) is 0.516. The smallest absolute Gasteiger partial charge is 0.273 e. The average molecular weight is 263 g/mol. The van der Waals surface area contributed by atoms with Crippen molar-refractivity contribution in [3.05, 3.63) is 28.3 Å². The number of benzene rings is 1. The highest BCUT2D eigenvalue weighted by Gasteiger charge is 2.28. The van der Waals surface area contributed by atoms with E-state index in [1.165, 1.54) is 12.5 Å². The Labute approximate surface area is 113 Å². The van der Waals surface area contributed by atoms with Gasteiger partial charge >= 0.3 is 0 Å². The fourth-order valence-electron chi connectivity index (χ4n) is 2.56. The first-order valence-electron chi connectivity index (χ1n) is 6.73. The highest BCUT2D eigenvalue weighted by Crippen LogP contribution is 2.36. The lowest BCUT2D eigenvalue weighted by atomic mass is 9.78. The summed E-state index contributed by atoms with van der Waals surface area (Å²) in [6.07, 6.45) is 3.41. The summed E-state index contributed by atoms with van der Waals surface area (Å²) in [5.41, 5.74) is 7.54. The maximum Gasteiger partial charge on any atom is 0.273 e. The Morgan fingerprint density at radius 3 is 2.53 bits per heavy atom. The predicted molar refractivity (Wildman–Crippen MR) is 77.4 cm³/mol. The van der Waals surface area contributed by atoms with Gasteiger partial charge < -0.3 is 10.6 Å². The molecule has 0 saturated carbocycles. The number of nitrogen functional groups attached to an aromatic ring is 1. The summed E-state index contributed by atoms with van der Waals surface area (Å²) in [6, 6.07) is 4.84.